The lowest BCUT2D eigenvalue weighted by Gasteiger charge is -1.96. The van der Waals surface area contributed by atoms with Crippen molar-refractivity contribution >= 4 is 5.65 Å². The molecular formula is C21H15N5O2. The average Bonchev–Trinajstić information content (AvgIpc) is 3.34. The van der Waals surface area contributed by atoms with E-state index in [-0.39, 0.29) is 5.69 Å². The summed E-state index contributed by atoms with van der Waals surface area (Å²) in [4.78, 5) is 12.6. The number of pyridine rings is 1. The van der Waals surface area contributed by atoms with Crippen molar-refractivity contribution in [2.24, 2.45) is 0 Å². The highest BCUT2D eigenvalue weighted by atomic mass is 16.4. The van der Waals surface area contributed by atoms with Gasteiger partial charge in [-0.3, -0.25) is 0 Å². The number of rotatable bonds is 3. The maximum atomic E-state index is 12.6. The minimum atomic E-state index is -0.237. The number of fused-ring (bicyclic) bond motifs is 1. The normalized spacial score (nSPS) is 11.2. The van der Waals surface area contributed by atoms with Gasteiger partial charge in [0, 0.05) is 17.3 Å². The first-order valence-electron chi connectivity index (χ1n) is 8.77. The number of para-hydroxylation sites is 1. The first kappa shape index (κ1) is 16.2. The summed E-state index contributed by atoms with van der Waals surface area (Å²) in [6.07, 6.45) is 1.66. The molecule has 5 aromatic rings. The van der Waals surface area contributed by atoms with Gasteiger partial charge in [-0.15, -0.1) is 15.3 Å². The second-order valence-corrected chi connectivity index (χ2v) is 6.45. The van der Waals surface area contributed by atoms with Gasteiger partial charge in [-0.2, -0.15) is 4.68 Å². The molecule has 3 heterocycles. The Labute approximate surface area is 159 Å². The minimum absolute atomic E-state index is 0.237. The number of hydrogen-bond donors (Lipinski definition) is 0. The van der Waals surface area contributed by atoms with E-state index in [0.29, 0.717) is 28.7 Å². The second kappa shape index (κ2) is 6.31. The molecular weight excluding hydrogens is 354 g/mol. The quantitative estimate of drug-likeness (QED) is 0.486. The van der Waals surface area contributed by atoms with Crippen LogP contribution in [-0.4, -0.2) is 24.4 Å². The summed E-state index contributed by atoms with van der Waals surface area (Å²) in [5.41, 5.74) is 3.68. The van der Waals surface area contributed by atoms with Gasteiger partial charge in [0.25, 0.3) is 0 Å². The van der Waals surface area contributed by atoms with Crippen LogP contribution in [0.15, 0.2) is 82.1 Å². The summed E-state index contributed by atoms with van der Waals surface area (Å²) < 4.78 is 8.67. The van der Waals surface area contributed by atoms with Crippen molar-refractivity contribution in [1.82, 2.24) is 24.4 Å². The molecule has 0 spiro atoms. The first-order chi connectivity index (χ1) is 13.7. The van der Waals surface area contributed by atoms with Crippen LogP contribution in [0.25, 0.3) is 34.2 Å². The maximum absolute atomic E-state index is 12.6. The van der Waals surface area contributed by atoms with Crippen LogP contribution in [0.2, 0.25) is 0 Å². The van der Waals surface area contributed by atoms with Gasteiger partial charge in [-0.25, -0.2) is 9.20 Å². The van der Waals surface area contributed by atoms with E-state index >= 15 is 0 Å². The molecule has 0 N–H and O–H groups in total. The van der Waals surface area contributed by atoms with Crippen molar-refractivity contribution in [1.29, 1.82) is 0 Å². The van der Waals surface area contributed by atoms with E-state index in [9.17, 15) is 4.79 Å². The molecule has 0 aliphatic rings. The molecule has 0 fully saturated rings. The molecule has 0 bridgehead atoms. The fraction of sp³-hybridized carbons (Fsp3) is 0.0476. The highest BCUT2D eigenvalue weighted by Gasteiger charge is 2.14. The Bertz CT molecular complexity index is 1330. The molecule has 0 aliphatic carbocycles. The van der Waals surface area contributed by atoms with Crippen molar-refractivity contribution in [3.63, 3.8) is 0 Å². The summed E-state index contributed by atoms with van der Waals surface area (Å²) in [6, 6.07) is 20.7. The fourth-order valence-electron chi connectivity index (χ4n) is 3.00. The Morgan fingerprint density at radius 1 is 0.857 bits per heavy atom. The van der Waals surface area contributed by atoms with Crippen LogP contribution in [0.3, 0.4) is 0 Å². The highest BCUT2D eigenvalue weighted by molar-refractivity contribution is 5.61. The Balaban J connectivity index is 1.56. The zero-order valence-corrected chi connectivity index (χ0v) is 15.0. The van der Waals surface area contributed by atoms with Crippen LogP contribution in [0.5, 0.6) is 0 Å². The van der Waals surface area contributed by atoms with Crippen molar-refractivity contribution in [2.75, 3.05) is 0 Å². The standard InChI is InChI=1S/C21H15N5O2/c1-14-7-9-15(10-8-14)19-22-23-20(28-19)16-11-12-25-18(13-16)24-26(21(25)27)17-5-3-2-4-6-17/h2-13H,1H3. The number of hydrogen-bond acceptors (Lipinski definition) is 5. The predicted molar refractivity (Wildman–Crippen MR) is 104 cm³/mol. The van der Waals surface area contributed by atoms with E-state index in [2.05, 4.69) is 15.3 Å². The molecule has 0 radical (unpaired) electrons. The molecule has 0 saturated carbocycles. The fourth-order valence-corrected chi connectivity index (χ4v) is 3.00. The van der Waals surface area contributed by atoms with Crippen molar-refractivity contribution in [3.05, 3.63) is 89.0 Å². The molecule has 3 aromatic heterocycles. The Morgan fingerprint density at radius 2 is 1.57 bits per heavy atom. The second-order valence-electron chi connectivity index (χ2n) is 6.45. The highest BCUT2D eigenvalue weighted by Crippen LogP contribution is 2.24. The number of nitrogens with zero attached hydrogens (tertiary/aromatic N) is 5. The summed E-state index contributed by atoms with van der Waals surface area (Å²) in [5.74, 6) is 0.821. The molecule has 0 saturated heterocycles. The van der Waals surface area contributed by atoms with Gasteiger partial charge in [-0.05, 0) is 43.3 Å². The third kappa shape index (κ3) is 2.69. The van der Waals surface area contributed by atoms with Crippen LogP contribution < -0.4 is 5.69 Å². The number of aryl methyl sites for hydroxylation is 1. The maximum Gasteiger partial charge on any atom is 0.355 e. The van der Waals surface area contributed by atoms with Crippen LogP contribution in [0.1, 0.15) is 5.56 Å². The Morgan fingerprint density at radius 3 is 2.32 bits per heavy atom. The van der Waals surface area contributed by atoms with E-state index in [1.54, 1.807) is 18.3 Å². The summed E-state index contributed by atoms with van der Waals surface area (Å²) in [7, 11) is 0. The molecule has 136 valence electrons. The molecule has 7 nitrogen and oxygen atoms in total. The molecule has 5 rings (SSSR count). The molecule has 0 unspecified atom stereocenters. The Hall–Kier alpha value is -4.00. The summed E-state index contributed by atoms with van der Waals surface area (Å²) in [5, 5.41) is 12.7. The molecule has 0 atom stereocenters. The average molecular weight is 369 g/mol. The van der Waals surface area contributed by atoms with Crippen molar-refractivity contribution < 1.29 is 4.42 Å². The van der Waals surface area contributed by atoms with Gasteiger partial charge in [0.1, 0.15) is 0 Å². The molecule has 2 aromatic carbocycles. The monoisotopic (exact) mass is 369 g/mol. The summed E-state index contributed by atoms with van der Waals surface area (Å²) in [6.45, 7) is 2.02. The van der Waals surface area contributed by atoms with Crippen molar-refractivity contribution in [3.8, 4) is 28.6 Å². The molecule has 7 heteroatoms. The van der Waals surface area contributed by atoms with Crippen LogP contribution in [0.4, 0.5) is 0 Å². The van der Waals surface area contributed by atoms with Gasteiger partial charge >= 0.3 is 5.69 Å². The topological polar surface area (TPSA) is 78.2 Å². The minimum Gasteiger partial charge on any atom is -0.416 e. The zero-order valence-electron chi connectivity index (χ0n) is 15.0. The van der Waals surface area contributed by atoms with Gasteiger partial charge in [0.15, 0.2) is 5.65 Å². The SMILES string of the molecule is Cc1ccc(-c2nnc(-c3ccn4c(=O)n(-c5ccccc5)nc4c3)o2)cc1. The van der Waals surface area contributed by atoms with E-state index < -0.39 is 0 Å². The third-order valence-corrected chi connectivity index (χ3v) is 4.50. The van der Waals surface area contributed by atoms with Gasteiger partial charge in [0.05, 0.1) is 5.69 Å². The lowest BCUT2D eigenvalue weighted by molar-refractivity contribution is 0.584. The van der Waals surface area contributed by atoms with Crippen LogP contribution >= 0.6 is 0 Å². The number of aromatic nitrogens is 5. The van der Waals surface area contributed by atoms with Crippen LogP contribution in [0, 0.1) is 6.92 Å². The largest absolute Gasteiger partial charge is 0.416 e. The van der Waals surface area contributed by atoms with Crippen LogP contribution in [-0.2, 0) is 0 Å². The van der Waals surface area contributed by atoms with E-state index in [1.807, 2.05) is 61.5 Å². The van der Waals surface area contributed by atoms with E-state index in [1.165, 1.54) is 9.08 Å². The Kier molecular flexibility index (Phi) is 3.65. The summed E-state index contributed by atoms with van der Waals surface area (Å²) >= 11 is 0. The first-order valence-corrected chi connectivity index (χ1v) is 8.77. The lowest BCUT2D eigenvalue weighted by Crippen LogP contribution is -2.19. The van der Waals surface area contributed by atoms with E-state index in [0.717, 1.165) is 11.1 Å². The molecule has 0 amide bonds. The smallest absolute Gasteiger partial charge is 0.355 e. The molecule has 0 aliphatic heterocycles. The van der Waals surface area contributed by atoms with Crippen molar-refractivity contribution in [2.45, 2.75) is 6.92 Å². The van der Waals surface area contributed by atoms with E-state index in [4.69, 9.17) is 4.42 Å². The van der Waals surface area contributed by atoms with Gasteiger partial charge < -0.3 is 4.42 Å². The number of benzene rings is 2. The zero-order chi connectivity index (χ0) is 19.1. The van der Waals surface area contributed by atoms with Gasteiger partial charge in [-0.1, -0.05) is 35.9 Å². The van der Waals surface area contributed by atoms with Gasteiger partial charge in [0.2, 0.25) is 11.8 Å². The lowest BCUT2D eigenvalue weighted by atomic mass is 10.1. The predicted octanol–water partition coefficient (Wildman–Crippen LogP) is 3.51. The molecule has 28 heavy (non-hydrogen) atoms. The third-order valence-electron chi connectivity index (χ3n) is 4.50.